The van der Waals surface area contributed by atoms with E-state index in [2.05, 4.69) is 218 Å². The number of aliphatic carboxylic acids is 1. The van der Waals surface area contributed by atoms with Gasteiger partial charge in [0.15, 0.2) is 0 Å². The van der Waals surface area contributed by atoms with Crippen LogP contribution in [0.4, 0.5) is 0 Å². The molecule has 0 bridgehead atoms. The summed E-state index contributed by atoms with van der Waals surface area (Å²) in [5, 5.41) is 39.3. The van der Waals surface area contributed by atoms with Crippen molar-refractivity contribution < 1.29 is 65.3 Å². The van der Waals surface area contributed by atoms with E-state index in [4.69, 9.17) is 14.2 Å². The van der Waals surface area contributed by atoms with E-state index in [0.717, 1.165) is 166 Å². The number of unbranched alkanes of at least 4 members (excludes halogenated alkanes) is 9. The molecule has 0 aromatic carbocycles. The van der Waals surface area contributed by atoms with Gasteiger partial charge in [-0.05, 0) is 169 Å². The smallest absolute Gasteiger partial charge is 0.148 e. The highest BCUT2D eigenvalue weighted by Gasteiger charge is 2.09. The Hall–Kier alpha value is -5.00. The number of allylic oxidation sites excluding steroid dienone is 21. The Morgan fingerprint density at radius 2 is 0.623 bits per heavy atom. The van der Waals surface area contributed by atoms with Gasteiger partial charge in [0.2, 0.25) is 0 Å². The normalized spacial score (nSPS) is 13.0. The molecule has 0 radical (unpaired) electrons. The Balaban J connectivity index is -0.000000168. The molecular weight excluding hydrogens is 1420 g/mol. The van der Waals surface area contributed by atoms with Gasteiger partial charge >= 0.3 is 0 Å². The summed E-state index contributed by atoms with van der Waals surface area (Å²) < 4.78 is 15.5. The molecule has 0 aliphatic carbocycles. The number of Topliss-reactive ketones (excluding diaryl/α,β-unsaturated/α-hetero) is 3. The van der Waals surface area contributed by atoms with E-state index in [0.29, 0.717) is 48.8 Å². The Labute approximate surface area is 706 Å². The van der Waals surface area contributed by atoms with E-state index in [1.54, 1.807) is 0 Å². The second-order valence-electron chi connectivity index (χ2n) is 32.6. The molecule has 9 N–H and O–H groups in total. The van der Waals surface area contributed by atoms with Crippen LogP contribution in [0.5, 0.6) is 0 Å². The molecule has 4 atom stereocenters. The first-order valence-corrected chi connectivity index (χ1v) is 44.8. The van der Waals surface area contributed by atoms with Crippen molar-refractivity contribution in [1.82, 2.24) is 4.90 Å². The third-order valence-corrected chi connectivity index (χ3v) is 15.0. The lowest BCUT2D eigenvalue weighted by molar-refractivity contribution is -0.443. The topological polar surface area (TPSA) is 238 Å². The van der Waals surface area contributed by atoms with Crippen molar-refractivity contribution in [3.8, 4) is 0 Å². The molecule has 0 fully saturated rings. The molecule has 0 rings (SSSR count). The third kappa shape index (κ3) is 145. The maximum absolute atomic E-state index is 11.5. The molecule has 0 aliphatic heterocycles. The van der Waals surface area contributed by atoms with Crippen molar-refractivity contribution in [2.24, 2.45) is 35.5 Å². The van der Waals surface area contributed by atoms with Gasteiger partial charge in [-0.3, -0.25) is 14.4 Å². The lowest BCUT2D eigenvalue weighted by Crippen LogP contribution is -2.70. The van der Waals surface area contributed by atoms with Crippen molar-refractivity contribution in [1.29, 1.82) is 0 Å². The molecular formula is C100H190N3O11+. The van der Waals surface area contributed by atoms with Crippen LogP contribution in [0.25, 0.3) is 0 Å². The van der Waals surface area contributed by atoms with E-state index >= 15 is 0 Å². The van der Waals surface area contributed by atoms with E-state index < -0.39 is 12.0 Å². The molecule has 0 saturated carbocycles. The van der Waals surface area contributed by atoms with Crippen LogP contribution in [-0.4, -0.2) is 133 Å². The molecule has 670 valence electrons. The molecule has 14 heteroatoms. The number of hydrogen-bond donors (Lipinski definition) is 5. The van der Waals surface area contributed by atoms with Gasteiger partial charge in [0, 0.05) is 43.6 Å². The number of rotatable bonds is 57. The summed E-state index contributed by atoms with van der Waals surface area (Å²) in [5.74, 6) is 2.92. The number of carboxylic acids is 1. The summed E-state index contributed by atoms with van der Waals surface area (Å²) in [7, 11) is 2.10. The van der Waals surface area contributed by atoms with Crippen molar-refractivity contribution >= 4 is 23.3 Å². The number of carboxylic acid groups (broad SMARTS) is 1. The predicted molar refractivity (Wildman–Crippen MR) is 496 cm³/mol. The molecule has 0 aliphatic rings. The van der Waals surface area contributed by atoms with Gasteiger partial charge in [-0.25, -0.2) is 0 Å². The van der Waals surface area contributed by atoms with Gasteiger partial charge in [-0.1, -0.05) is 335 Å². The van der Waals surface area contributed by atoms with Gasteiger partial charge in [-0.2, -0.15) is 0 Å². The quantitative estimate of drug-likeness (QED) is 0.0217. The second-order valence-corrected chi connectivity index (χ2v) is 32.6. The average Bonchev–Trinajstić information content (AvgIpc) is 1.02. The maximum Gasteiger partial charge on any atom is 0.148 e. The molecule has 14 nitrogen and oxygen atoms in total. The number of hydrogen-bond acceptors (Lipinski definition) is 12. The lowest BCUT2D eigenvalue weighted by Gasteiger charge is -2.14. The highest BCUT2D eigenvalue weighted by molar-refractivity contribution is 5.81. The summed E-state index contributed by atoms with van der Waals surface area (Å²) in [4.78, 5) is 46.7. The maximum atomic E-state index is 11.5. The largest absolute Gasteiger partial charge is 0.544 e. The van der Waals surface area contributed by atoms with Crippen molar-refractivity contribution in [3.05, 3.63) is 146 Å². The SMILES string of the molecule is CC(C)C.CC(C)C.CC(C)C.CC(C)OCC([NH3+])C(=O)[O-].CC(C)OCC[NH3+].CCCCC[C@H](O)/C=C/C=C\C/C=C\C/C=C\CCCC(=O)C(C)C.CCCCC[C@H](O)/C=C/C=C\C/C=C\C/C=C\CCCC(=O)C(C)C.CCCCC[C@H](O)/C=C/C=C\C/C=C\C/C=C\CCCC(=O)C(C)C.CCN(C)CCOC(C)C. The third-order valence-electron chi connectivity index (χ3n) is 15.0. The minimum absolute atomic E-state index is 0.0450. The van der Waals surface area contributed by atoms with Crippen LogP contribution >= 0.6 is 0 Å². The standard InChI is InChI=1S/3C23H38O2.C8H19NO.C6H13NO3.C5H13NO.3C4H10/c3*1-4-5-15-18-22(24)19-16-13-11-9-7-6-8-10-12-14-17-20-23(25)21(2)3;1-5-9(4)6-7-10-8(2)3;1-4(2)10-3-5(7)6(8)9;1-5(2)7-4-3-6;3*1-4(2)3/h3*6-7,10-13,16,19,21-22,24H,4-5,8-9,14-15,17-18,20H2,1-3H3;8H,5-7H2,1-4H3;4-5H,3,7H2,1-2H3,(H,8,9);5H,3-4,6H2,1-2H3;3*4H,1-3H3/p+1/b3*7-6-,12-10-,13-11-,19-16+;;;;;;/t3*22-;;;;;;/m000....../s1. The van der Waals surface area contributed by atoms with Gasteiger partial charge in [0.1, 0.15) is 36.0 Å². The van der Waals surface area contributed by atoms with Crippen molar-refractivity contribution in [2.45, 2.75) is 389 Å². The fourth-order valence-electron chi connectivity index (χ4n) is 8.19. The minimum atomic E-state index is -1.17. The van der Waals surface area contributed by atoms with Gasteiger partial charge < -0.3 is 55.8 Å². The van der Waals surface area contributed by atoms with Crippen molar-refractivity contribution in [3.63, 3.8) is 0 Å². The number of carbonyl (C=O) groups is 4. The number of nitrogens with zero attached hydrogens (tertiary/aromatic N) is 1. The molecule has 0 heterocycles. The Morgan fingerprint density at radius 1 is 0.368 bits per heavy atom. The zero-order chi connectivity index (χ0) is 88.8. The first-order chi connectivity index (χ1) is 53.9. The van der Waals surface area contributed by atoms with Crippen LogP contribution in [0.3, 0.4) is 0 Å². The van der Waals surface area contributed by atoms with E-state index in [1.165, 1.54) is 38.5 Å². The zero-order valence-corrected chi connectivity index (χ0v) is 79.2. The first kappa shape index (κ1) is 127. The lowest BCUT2D eigenvalue weighted by atomic mass is 10.0. The number of ketones is 3. The highest BCUT2D eigenvalue weighted by atomic mass is 16.5. The van der Waals surface area contributed by atoms with Crippen LogP contribution in [0.15, 0.2) is 146 Å². The second kappa shape index (κ2) is 104. The van der Waals surface area contributed by atoms with Gasteiger partial charge in [0.05, 0.1) is 56.4 Å². The molecule has 0 aromatic rings. The van der Waals surface area contributed by atoms with Gasteiger partial charge in [-0.15, -0.1) is 0 Å². The zero-order valence-electron chi connectivity index (χ0n) is 79.2. The molecule has 0 aromatic heterocycles. The van der Waals surface area contributed by atoms with Crippen LogP contribution in [0.2, 0.25) is 0 Å². The Kier molecular flexibility index (Phi) is 116. The van der Waals surface area contributed by atoms with Crippen LogP contribution in [0.1, 0.15) is 346 Å². The van der Waals surface area contributed by atoms with E-state index in [1.807, 2.05) is 124 Å². The van der Waals surface area contributed by atoms with Crippen LogP contribution in [0, 0.1) is 35.5 Å². The Bertz CT molecular complexity index is 2150. The number of aliphatic hydroxyl groups is 3. The van der Waals surface area contributed by atoms with Crippen LogP contribution in [-0.2, 0) is 33.4 Å². The summed E-state index contributed by atoms with van der Waals surface area (Å²) >= 11 is 0. The first-order valence-electron chi connectivity index (χ1n) is 44.8. The predicted octanol–water partition coefficient (Wildman–Crippen LogP) is 22.8. The number of carbonyl (C=O) groups excluding carboxylic acids is 4. The summed E-state index contributed by atoms with van der Waals surface area (Å²) in [6, 6.07) is -0.762. The van der Waals surface area contributed by atoms with Gasteiger partial charge in [0.25, 0.3) is 0 Å². The number of ether oxygens (including phenoxy) is 3. The van der Waals surface area contributed by atoms with Crippen molar-refractivity contribution in [2.75, 3.05) is 46.5 Å². The molecule has 1 unspecified atom stereocenters. The van der Waals surface area contributed by atoms with Crippen LogP contribution < -0.4 is 16.6 Å². The highest BCUT2D eigenvalue weighted by Crippen LogP contribution is 2.11. The fraction of sp³-hybridized carbons (Fsp3) is 0.720. The molecule has 114 heavy (non-hydrogen) atoms. The number of likely N-dealkylation sites (N-methyl/N-ethyl adjacent to an activating group) is 1. The monoisotopic (exact) mass is 1610 g/mol. The van der Waals surface area contributed by atoms with E-state index in [9.17, 15) is 39.6 Å². The van der Waals surface area contributed by atoms with E-state index in [-0.39, 0.29) is 48.8 Å². The molecule has 0 saturated heterocycles. The summed E-state index contributed by atoms with van der Waals surface area (Å²) in [6.45, 7) is 56.5. The Morgan fingerprint density at radius 3 is 0.842 bits per heavy atom. The summed E-state index contributed by atoms with van der Waals surface area (Å²) in [6.07, 6.45) is 75.8. The molecule has 0 spiro atoms. The summed E-state index contributed by atoms with van der Waals surface area (Å²) in [5.41, 5.74) is 6.96. The molecule has 0 amide bonds. The number of aliphatic hydroxyl groups excluding tert-OH is 3. The minimum Gasteiger partial charge on any atom is -0.544 e. The average molecular weight is 1610 g/mol. The fourth-order valence-corrected chi connectivity index (χ4v) is 8.19. The number of quaternary nitrogens is 2.